The van der Waals surface area contributed by atoms with Crippen molar-refractivity contribution in [2.24, 2.45) is 0 Å². The zero-order valence-electron chi connectivity index (χ0n) is 15.2. The highest BCUT2D eigenvalue weighted by Crippen LogP contribution is 2.55. The van der Waals surface area contributed by atoms with E-state index >= 15 is 0 Å². The first-order chi connectivity index (χ1) is 12.9. The van der Waals surface area contributed by atoms with E-state index < -0.39 is 7.26 Å². The Morgan fingerprint density at radius 1 is 0.692 bits per heavy atom. The highest BCUT2D eigenvalue weighted by atomic mass is 31.2. The van der Waals surface area contributed by atoms with E-state index in [9.17, 15) is 0 Å². The molecule has 3 aromatic carbocycles. The maximum Gasteiger partial charge on any atom is 0.112 e. The summed E-state index contributed by atoms with van der Waals surface area (Å²) in [6.45, 7) is 5.68. The second-order valence-electron chi connectivity index (χ2n) is 6.39. The highest BCUT2D eigenvalue weighted by Gasteiger charge is 2.44. The maximum absolute atomic E-state index is 3.79. The summed E-state index contributed by atoms with van der Waals surface area (Å²) in [5, 5.41) is 7.84. The molecule has 0 bridgehead atoms. The van der Waals surface area contributed by atoms with Crippen LogP contribution in [0.2, 0.25) is 0 Å². The van der Waals surface area contributed by atoms with Crippen LogP contribution in [0.4, 0.5) is 0 Å². The molecule has 1 nitrogen and oxygen atoms in total. The van der Waals surface area contributed by atoms with Gasteiger partial charge in [0.05, 0.1) is 6.16 Å². The fraction of sp³-hybridized carbons (Fsp3) is 0.167. The van der Waals surface area contributed by atoms with E-state index in [1.54, 1.807) is 0 Å². The zero-order chi connectivity index (χ0) is 18.1. The molecule has 0 aliphatic carbocycles. The van der Waals surface area contributed by atoms with Crippen molar-refractivity contribution in [2.75, 3.05) is 19.3 Å². The van der Waals surface area contributed by atoms with Gasteiger partial charge in [0, 0.05) is 6.54 Å². The smallest absolute Gasteiger partial charge is 0.112 e. The molecule has 3 rings (SSSR count). The molecule has 0 amide bonds. The molecule has 0 saturated carbocycles. The SMILES string of the molecule is C=CCNCCC[P+](c1ccccc1)(c1ccccc1)c1ccccc1. The quantitative estimate of drug-likeness (QED) is 0.343. The summed E-state index contributed by atoms with van der Waals surface area (Å²) < 4.78 is 0. The Balaban J connectivity index is 2.07. The Morgan fingerprint density at radius 2 is 1.12 bits per heavy atom. The van der Waals surface area contributed by atoms with Crippen molar-refractivity contribution in [3.8, 4) is 0 Å². The fourth-order valence-electron chi connectivity index (χ4n) is 3.53. The number of rotatable bonds is 9. The molecule has 0 aromatic heterocycles. The van der Waals surface area contributed by atoms with Crippen LogP contribution in [-0.4, -0.2) is 19.3 Å². The van der Waals surface area contributed by atoms with Crippen LogP contribution >= 0.6 is 7.26 Å². The standard InChI is InChI=1S/C24H27NP/c1-2-19-25-20-12-21-26(22-13-6-3-7-14-22,23-15-8-4-9-16-23)24-17-10-5-11-18-24/h2-11,13-18,25H,1,12,19-21H2/q+1. The van der Waals surface area contributed by atoms with Gasteiger partial charge >= 0.3 is 0 Å². The summed E-state index contributed by atoms with van der Waals surface area (Å²) in [5.41, 5.74) is 0. The summed E-state index contributed by atoms with van der Waals surface area (Å²) >= 11 is 0. The second kappa shape index (κ2) is 9.48. The van der Waals surface area contributed by atoms with E-state index in [2.05, 4.69) is 103 Å². The van der Waals surface area contributed by atoms with Crippen molar-refractivity contribution in [3.05, 3.63) is 104 Å². The third-order valence-corrected chi connectivity index (χ3v) is 9.25. The Hall–Kier alpha value is -2.21. The molecule has 0 heterocycles. The van der Waals surface area contributed by atoms with Crippen LogP contribution in [0.25, 0.3) is 0 Å². The molecule has 1 N–H and O–H groups in total. The van der Waals surface area contributed by atoms with Crippen molar-refractivity contribution in [1.82, 2.24) is 5.32 Å². The van der Waals surface area contributed by atoms with Gasteiger partial charge in [0.1, 0.15) is 23.2 Å². The highest BCUT2D eigenvalue weighted by molar-refractivity contribution is 7.95. The predicted molar refractivity (Wildman–Crippen MR) is 118 cm³/mol. The van der Waals surface area contributed by atoms with Crippen LogP contribution in [0.3, 0.4) is 0 Å². The minimum Gasteiger partial charge on any atom is -0.313 e. The van der Waals surface area contributed by atoms with Crippen molar-refractivity contribution >= 4 is 23.2 Å². The van der Waals surface area contributed by atoms with Gasteiger partial charge in [-0.05, 0) is 49.4 Å². The van der Waals surface area contributed by atoms with Crippen LogP contribution in [0.15, 0.2) is 104 Å². The number of benzene rings is 3. The van der Waals surface area contributed by atoms with Crippen LogP contribution in [-0.2, 0) is 0 Å². The molecule has 0 aliphatic rings. The largest absolute Gasteiger partial charge is 0.313 e. The molecule has 0 unspecified atom stereocenters. The Kier molecular flexibility index (Phi) is 6.77. The van der Waals surface area contributed by atoms with Crippen LogP contribution in [0, 0.1) is 0 Å². The van der Waals surface area contributed by atoms with Gasteiger partial charge in [0.15, 0.2) is 0 Å². The van der Waals surface area contributed by atoms with Crippen molar-refractivity contribution in [1.29, 1.82) is 0 Å². The molecule has 132 valence electrons. The normalized spacial score (nSPS) is 11.2. The second-order valence-corrected chi connectivity index (χ2v) is 10.0. The van der Waals surface area contributed by atoms with Crippen LogP contribution in [0.1, 0.15) is 6.42 Å². The first kappa shape index (κ1) is 18.6. The van der Waals surface area contributed by atoms with Gasteiger partial charge in [-0.25, -0.2) is 0 Å². The van der Waals surface area contributed by atoms with Crippen molar-refractivity contribution in [3.63, 3.8) is 0 Å². The third kappa shape index (κ3) is 4.12. The summed E-state index contributed by atoms with van der Waals surface area (Å²) in [5.74, 6) is 0. The van der Waals surface area contributed by atoms with E-state index in [4.69, 9.17) is 0 Å². The lowest BCUT2D eigenvalue weighted by Crippen LogP contribution is -2.34. The zero-order valence-corrected chi connectivity index (χ0v) is 16.1. The van der Waals surface area contributed by atoms with Gasteiger partial charge in [-0.15, -0.1) is 6.58 Å². The molecule has 0 aliphatic heterocycles. The first-order valence-electron chi connectivity index (χ1n) is 9.24. The van der Waals surface area contributed by atoms with E-state index in [1.165, 1.54) is 15.9 Å². The Labute approximate surface area is 158 Å². The van der Waals surface area contributed by atoms with E-state index in [0.717, 1.165) is 25.7 Å². The Bertz CT molecular complexity index is 688. The van der Waals surface area contributed by atoms with Crippen LogP contribution < -0.4 is 21.2 Å². The van der Waals surface area contributed by atoms with Gasteiger partial charge in [-0.1, -0.05) is 60.7 Å². The molecular weight excluding hydrogens is 333 g/mol. The first-order valence-corrected chi connectivity index (χ1v) is 11.2. The number of hydrogen-bond acceptors (Lipinski definition) is 1. The number of nitrogens with one attached hydrogen (secondary N) is 1. The number of hydrogen-bond donors (Lipinski definition) is 1. The molecule has 0 spiro atoms. The summed E-state index contributed by atoms with van der Waals surface area (Å²) in [7, 11) is -1.67. The van der Waals surface area contributed by atoms with E-state index in [0.29, 0.717) is 0 Å². The molecule has 0 radical (unpaired) electrons. The summed E-state index contributed by atoms with van der Waals surface area (Å²) in [6.07, 6.45) is 4.23. The van der Waals surface area contributed by atoms with E-state index in [-0.39, 0.29) is 0 Å². The van der Waals surface area contributed by atoms with Gasteiger partial charge in [-0.2, -0.15) is 0 Å². The van der Waals surface area contributed by atoms with Crippen LogP contribution in [0.5, 0.6) is 0 Å². The minimum atomic E-state index is -1.67. The lowest BCUT2D eigenvalue weighted by atomic mass is 10.3. The monoisotopic (exact) mass is 360 g/mol. The van der Waals surface area contributed by atoms with Crippen molar-refractivity contribution in [2.45, 2.75) is 6.42 Å². The fourth-order valence-corrected chi connectivity index (χ4v) is 7.87. The van der Waals surface area contributed by atoms with E-state index in [1.807, 2.05) is 6.08 Å². The summed E-state index contributed by atoms with van der Waals surface area (Å²) in [6, 6.07) is 33.2. The molecule has 26 heavy (non-hydrogen) atoms. The van der Waals surface area contributed by atoms with Gasteiger partial charge < -0.3 is 5.32 Å². The average molecular weight is 360 g/mol. The minimum absolute atomic E-state index is 0.869. The lowest BCUT2D eigenvalue weighted by molar-refractivity contribution is 0.732. The third-order valence-electron chi connectivity index (χ3n) is 4.73. The molecule has 2 heteroatoms. The molecular formula is C24H27NP+. The van der Waals surface area contributed by atoms with Gasteiger partial charge in [0.2, 0.25) is 0 Å². The topological polar surface area (TPSA) is 12.0 Å². The lowest BCUT2D eigenvalue weighted by Gasteiger charge is -2.27. The van der Waals surface area contributed by atoms with Crippen molar-refractivity contribution < 1.29 is 0 Å². The summed E-state index contributed by atoms with van der Waals surface area (Å²) in [4.78, 5) is 0. The molecule has 0 saturated heterocycles. The molecule has 0 atom stereocenters. The van der Waals surface area contributed by atoms with Gasteiger partial charge in [-0.3, -0.25) is 0 Å². The molecule has 3 aromatic rings. The molecule has 0 fully saturated rings. The Morgan fingerprint density at radius 3 is 1.50 bits per heavy atom. The average Bonchev–Trinajstić information content (AvgIpc) is 2.73. The predicted octanol–water partition coefficient (Wildman–Crippen LogP) is 4.15. The van der Waals surface area contributed by atoms with Gasteiger partial charge in [0.25, 0.3) is 0 Å². The maximum atomic E-state index is 3.79.